The molecule has 230 valence electrons. The molecule has 2 heterocycles. The number of aromatic nitrogens is 2. The highest BCUT2D eigenvalue weighted by molar-refractivity contribution is 9.10. The Kier molecular flexibility index (Phi) is 10.2. The van der Waals surface area contributed by atoms with Crippen molar-refractivity contribution in [3.63, 3.8) is 0 Å². The Morgan fingerprint density at radius 2 is 0.957 bits per heavy atom. The van der Waals surface area contributed by atoms with Gasteiger partial charge in [-0.3, -0.25) is 9.59 Å². The summed E-state index contributed by atoms with van der Waals surface area (Å²) in [7, 11) is 0. The van der Waals surface area contributed by atoms with E-state index in [1.54, 1.807) is 0 Å². The van der Waals surface area contributed by atoms with E-state index in [1.165, 1.54) is 0 Å². The Labute approximate surface area is 284 Å². The molecule has 2 amide bonds. The Bertz CT molecular complexity index is 1900. The number of fused-ring (bicyclic) bond motifs is 2. The van der Waals surface area contributed by atoms with Gasteiger partial charge in [-0.2, -0.15) is 0 Å². The minimum Gasteiger partial charge on any atom is -0.352 e. The number of benzene rings is 4. The van der Waals surface area contributed by atoms with Crippen LogP contribution >= 0.6 is 31.9 Å². The number of para-hydroxylation sites is 2. The average Bonchev–Trinajstić information content (AvgIpc) is 3.08. The number of amides is 2. The molecule has 0 atom stereocenters. The van der Waals surface area contributed by atoms with Gasteiger partial charge in [0.25, 0.3) is 11.8 Å². The maximum absolute atomic E-state index is 13.3. The van der Waals surface area contributed by atoms with E-state index in [-0.39, 0.29) is 11.8 Å². The van der Waals surface area contributed by atoms with Crippen molar-refractivity contribution in [2.24, 2.45) is 0 Å². The molecule has 6 rings (SSSR count). The number of rotatable bonds is 11. The van der Waals surface area contributed by atoms with Gasteiger partial charge in [0.05, 0.1) is 33.5 Å². The quantitative estimate of drug-likeness (QED) is 0.130. The standard InChI is InChI=1S/C38H32Br2N4O2/c39-27-13-9-11-25(21-27)35-23-31(29-15-3-5-17-33(29)43-35)37(45)41-19-7-1-2-8-20-42-38(46)32-24-36(26-12-10-14-28(40)22-26)44-34-18-6-4-16-30(32)34/h3-6,9-18,21-24H,1-2,7-8,19-20H2,(H,41,45)(H,42,46). The fourth-order valence-electron chi connectivity index (χ4n) is 5.52. The molecule has 0 radical (unpaired) electrons. The molecule has 0 saturated carbocycles. The average molecular weight is 737 g/mol. The highest BCUT2D eigenvalue weighted by Crippen LogP contribution is 2.28. The van der Waals surface area contributed by atoms with E-state index < -0.39 is 0 Å². The zero-order valence-electron chi connectivity index (χ0n) is 25.1. The second-order valence-electron chi connectivity index (χ2n) is 11.1. The largest absolute Gasteiger partial charge is 0.352 e. The predicted octanol–water partition coefficient (Wildman–Crippen LogP) is 9.36. The number of carbonyl (C=O) groups is 2. The van der Waals surface area contributed by atoms with Crippen LogP contribution in [-0.4, -0.2) is 34.9 Å². The summed E-state index contributed by atoms with van der Waals surface area (Å²) in [5.74, 6) is -0.206. The van der Waals surface area contributed by atoms with Crippen LogP contribution in [0.1, 0.15) is 46.4 Å². The monoisotopic (exact) mass is 734 g/mol. The van der Waals surface area contributed by atoms with E-state index in [0.29, 0.717) is 24.2 Å². The van der Waals surface area contributed by atoms with Crippen molar-refractivity contribution in [2.75, 3.05) is 13.1 Å². The molecular formula is C38H32Br2N4O2. The number of halogens is 2. The van der Waals surface area contributed by atoms with E-state index in [1.807, 2.05) is 109 Å². The van der Waals surface area contributed by atoms with E-state index in [4.69, 9.17) is 9.97 Å². The van der Waals surface area contributed by atoms with Crippen molar-refractivity contribution < 1.29 is 9.59 Å². The first-order chi connectivity index (χ1) is 22.5. The van der Waals surface area contributed by atoms with Gasteiger partial charge in [0.1, 0.15) is 0 Å². The Morgan fingerprint density at radius 1 is 0.522 bits per heavy atom. The molecule has 0 saturated heterocycles. The van der Waals surface area contributed by atoms with Crippen LogP contribution in [0.2, 0.25) is 0 Å². The number of carbonyl (C=O) groups excluding carboxylic acids is 2. The van der Waals surface area contributed by atoms with Gasteiger partial charge in [0.2, 0.25) is 0 Å². The minimum atomic E-state index is -0.103. The summed E-state index contributed by atoms with van der Waals surface area (Å²) in [6, 6.07) is 35.1. The topological polar surface area (TPSA) is 84.0 Å². The van der Waals surface area contributed by atoms with Crippen LogP contribution in [0.5, 0.6) is 0 Å². The highest BCUT2D eigenvalue weighted by atomic mass is 79.9. The van der Waals surface area contributed by atoms with Crippen LogP contribution in [0, 0.1) is 0 Å². The van der Waals surface area contributed by atoms with Crippen LogP contribution in [0.25, 0.3) is 44.3 Å². The van der Waals surface area contributed by atoms with Crippen molar-refractivity contribution in [1.29, 1.82) is 0 Å². The third-order valence-electron chi connectivity index (χ3n) is 7.84. The van der Waals surface area contributed by atoms with Gasteiger partial charge >= 0.3 is 0 Å². The number of hydrogen-bond acceptors (Lipinski definition) is 4. The molecule has 0 unspecified atom stereocenters. The van der Waals surface area contributed by atoms with Crippen LogP contribution in [-0.2, 0) is 0 Å². The summed E-state index contributed by atoms with van der Waals surface area (Å²) in [5.41, 5.74) is 6.23. The lowest BCUT2D eigenvalue weighted by Crippen LogP contribution is -2.25. The highest BCUT2D eigenvalue weighted by Gasteiger charge is 2.15. The first kappa shape index (κ1) is 31.6. The Hall–Kier alpha value is -4.40. The first-order valence-electron chi connectivity index (χ1n) is 15.3. The lowest BCUT2D eigenvalue weighted by Gasteiger charge is -2.12. The van der Waals surface area contributed by atoms with E-state index in [2.05, 4.69) is 42.5 Å². The number of nitrogens with zero attached hydrogens (tertiary/aromatic N) is 2. The van der Waals surface area contributed by atoms with Crippen LogP contribution in [0.4, 0.5) is 0 Å². The van der Waals surface area contributed by atoms with Gasteiger partial charge in [-0.1, -0.05) is 105 Å². The number of unbranched alkanes of at least 4 members (excludes halogenated alkanes) is 3. The Morgan fingerprint density at radius 3 is 1.39 bits per heavy atom. The van der Waals surface area contributed by atoms with E-state index in [0.717, 1.165) is 78.9 Å². The molecule has 46 heavy (non-hydrogen) atoms. The van der Waals surface area contributed by atoms with Gasteiger partial charge in [-0.05, 0) is 61.4 Å². The van der Waals surface area contributed by atoms with Gasteiger partial charge < -0.3 is 10.6 Å². The lowest BCUT2D eigenvalue weighted by molar-refractivity contribution is 0.0945. The smallest absolute Gasteiger partial charge is 0.252 e. The summed E-state index contributed by atoms with van der Waals surface area (Å²) in [4.78, 5) is 36.2. The zero-order valence-corrected chi connectivity index (χ0v) is 28.3. The second kappa shape index (κ2) is 14.8. The third-order valence-corrected chi connectivity index (χ3v) is 8.82. The summed E-state index contributed by atoms with van der Waals surface area (Å²) in [6.07, 6.45) is 3.60. The molecule has 8 heteroatoms. The Balaban J connectivity index is 1.01. The molecule has 4 aromatic carbocycles. The third kappa shape index (κ3) is 7.52. The van der Waals surface area contributed by atoms with E-state index in [9.17, 15) is 9.59 Å². The number of pyridine rings is 2. The maximum Gasteiger partial charge on any atom is 0.252 e. The fraction of sp³-hybridized carbons (Fsp3) is 0.158. The van der Waals surface area contributed by atoms with Gasteiger partial charge in [-0.25, -0.2) is 9.97 Å². The minimum absolute atomic E-state index is 0.103. The molecule has 6 aromatic rings. The molecule has 2 N–H and O–H groups in total. The van der Waals surface area contributed by atoms with Gasteiger partial charge in [0, 0.05) is 43.9 Å². The molecule has 0 aliphatic heterocycles. The molecule has 0 aliphatic carbocycles. The first-order valence-corrected chi connectivity index (χ1v) is 16.9. The molecule has 0 aliphatic rings. The van der Waals surface area contributed by atoms with Crippen LogP contribution < -0.4 is 10.6 Å². The molecule has 0 bridgehead atoms. The fourth-order valence-corrected chi connectivity index (χ4v) is 6.31. The molecule has 0 spiro atoms. The molecule has 6 nitrogen and oxygen atoms in total. The van der Waals surface area contributed by atoms with Crippen LogP contribution in [0.3, 0.4) is 0 Å². The molecular weight excluding hydrogens is 704 g/mol. The van der Waals surface area contributed by atoms with Crippen molar-refractivity contribution in [3.05, 3.63) is 129 Å². The molecule has 2 aromatic heterocycles. The zero-order chi connectivity index (χ0) is 31.9. The molecule has 0 fully saturated rings. The lowest BCUT2D eigenvalue weighted by atomic mass is 10.0. The van der Waals surface area contributed by atoms with E-state index >= 15 is 0 Å². The van der Waals surface area contributed by atoms with Crippen molar-refractivity contribution in [3.8, 4) is 22.5 Å². The van der Waals surface area contributed by atoms with Crippen molar-refractivity contribution >= 4 is 65.5 Å². The van der Waals surface area contributed by atoms with Crippen LogP contribution in [0.15, 0.2) is 118 Å². The maximum atomic E-state index is 13.3. The second-order valence-corrected chi connectivity index (χ2v) is 12.9. The SMILES string of the molecule is O=C(NCCCCCCNC(=O)c1cc(-c2cccc(Br)c2)nc2ccccc12)c1cc(-c2cccc(Br)c2)nc2ccccc12. The van der Waals surface area contributed by atoms with Gasteiger partial charge in [-0.15, -0.1) is 0 Å². The number of hydrogen-bond donors (Lipinski definition) is 2. The summed E-state index contributed by atoms with van der Waals surface area (Å²) >= 11 is 7.06. The van der Waals surface area contributed by atoms with Crippen molar-refractivity contribution in [2.45, 2.75) is 25.7 Å². The summed E-state index contributed by atoms with van der Waals surface area (Å²) < 4.78 is 1.92. The summed E-state index contributed by atoms with van der Waals surface area (Å²) in [6.45, 7) is 1.16. The summed E-state index contributed by atoms with van der Waals surface area (Å²) in [5, 5.41) is 7.86. The normalized spacial score (nSPS) is 11.1. The predicted molar refractivity (Wildman–Crippen MR) is 193 cm³/mol. The number of nitrogens with one attached hydrogen (secondary N) is 2. The van der Waals surface area contributed by atoms with Gasteiger partial charge in [0.15, 0.2) is 0 Å². The van der Waals surface area contributed by atoms with Crippen molar-refractivity contribution in [1.82, 2.24) is 20.6 Å².